The van der Waals surface area contributed by atoms with E-state index in [-0.39, 0.29) is 11.8 Å². The third kappa shape index (κ3) is 7.11. The number of carbonyl (C=O) groups excluding carboxylic acids is 2. The van der Waals surface area contributed by atoms with Gasteiger partial charge in [-0.05, 0) is 54.3 Å². The molecule has 166 valence electrons. The van der Waals surface area contributed by atoms with E-state index < -0.39 is 6.04 Å². The molecular formula is C26H26Cl2N2O2. The molecule has 3 aromatic rings. The molecule has 4 nitrogen and oxygen atoms in total. The average molecular weight is 469 g/mol. The van der Waals surface area contributed by atoms with Gasteiger partial charge in [0.15, 0.2) is 0 Å². The first-order chi connectivity index (χ1) is 15.4. The Morgan fingerprint density at radius 3 is 1.97 bits per heavy atom. The van der Waals surface area contributed by atoms with E-state index in [0.29, 0.717) is 36.0 Å². The van der Waals surface area contributed by atoms with Crippen molar-refractivity contribution in [2.24, 2.45) is 0 Å². The van der Waals surface area contributed by atoms with Crippen molar-refractivity contribution in [1.29, 1.82) is 0 Å². The van der Waals surface area contributed by atoms with Crippen molar-refractivity contribution in [2.45, 2.75) is 38.9 Å². The fourth-order valence-electron chi connectivity index (χ4n) is 3.35. The molecule has 0 heterocycles. The second-order valence-corrected chi connectivity index (χ2v) is 8.53. The molecule has 6 heteroatoms. The quantitative estimate of drug-likeness (QED) is 0.440. The van der Waals surface area contributed by atoms with Crippen molar-refractivity contribution in [3.8, 4) is 0 Å². The van der Waals surface area contributed by atoms with Gasteiger partial charge in [0.05, 0.1) is 0 Å². The van der Waals surface area contributed by atoms with Crippen LogP contribution in [0.3, 0.4) is 0 Å². The van der Waals surface area contributed by atoms with Crippen LogP contribution in [0.2, 0.25) is 10.0 Å². The Morgan fingerprint density at radius 2 is 1.38 bits per heavy atom. The van der Waals surface area contributed by atoms with Crippen LogP contribution in [-0.4, -0.2) is 22.8 Å². The van der Waals surface area contributed by atoms with Crippen molar-refractivity contribution < 1.29 is 9.59 Å². The van der Waals surface area contributed by atoms with Gasteiger partial charge in [0.1, 0.15) is 6.04 Å². The Balaban J connectivity index is 1.68. The fourth-order valence-corrected chi connectivity index (χ4v) is 3.60. The highest BCUT2D eigenvalue weighted by atomic mass is 35.5. The van der Waals surface area contributed by atoms with Gasteiger partial charge in [0.25, 0.3) is 0 Å². The first-order valence-electron chi connectivity index (χ1n) is 10.5. The second-order valence-electron chi connectivity index (χ2n) is 7.65. The molecule has 3 rings (SSSR count). The summed E-state index contributed by atoms with van der Waals surface area (Å²) in [7, 11) is 0. The van der Waals surface area contributed by atoms with Gasteiger partial charge in [-0.1, -0.05) is 77.8 Å². The zero-order valence-corrected chi connectivity index (χ0v) is 19.4. The van der Waals surface area contributed by atoms with Gasteiger partial charge in [-0.3, -0.25) is 9.59 Å². The van der Waals surface area contributed by atoms with Gasteiger partial charge in [-0.15, -0.1) is 0 Å². The van der Waals surface area contributed by atoms with E-state index in [2.05, 4.69) is 5.32 Å². The molecule has 0 radical (unpaired) electrons. The van der Waals surface area contributed by atoms with Gasteiger partial charge >= 0.3 is 0 Å². The van der Waals surface area contributed by atoms with Crippen molar-refractivity contribution in [3.63, 3.8) is 0 Å². The van der Waals surface area contributed by atoms with E-state index in [1.807, 2.05) is 54.6 Å². The zero-order valence-electron chi connectivity index (χ0n) is 17.9. The minimum atomic E-state index is -0.624. The Kier molecular flexibility index (Phi) is 8.72. The van der Waals surface area contributed by atoms with E-state index in [9.17, 15) is 9.59 Å². The molecule has 0 aliphatic rings. The van der Waals surface area contributed by atoms with Crippen LogP contribution in [0.4, 0.5) is 0 Å². The lowest BCUT2D eigenvalue weighted by Gasteiger charge is -2.29. The summed E-state index contributed by atoms with van der Waals surface area (Å²) in [6.45, 7) is 2.46. The first-order valence-corrected chi connectivity index (χ1v) is 11.3. The Morgan fingerprint density at radius 1 is 0.812 bits per heavy atom. The lowest BCUT2D eigenvalue weighted by Crippen LogP contribution is -2.47. The Bertz CT molecular complexity index is 1020. The van der Waals surface area contributed by atoms with E-state index in [1.165, 1.54) is 0 Å². The average Bonchev–Trinajstić information content (AvgIpc) is 2.82. The molecule has 0 fully saturated rings. The number of benzene rings is 3. The first kappa shape index (κ1) is 23.8. The molecule has 1 unspecified atom stereocenters. The number of nitrogens with one attached hydrogen (secondary N) is 1. The highest BCUT2D eigenvalue weighted by molar-refractivity contribution is 6.30. The van der Waals surface area contributed by atoms with Crippen molar-refractivity contribution >= 4 is 35.0 Å². The maximum atomic E-state index is 13.2. The third-order valence-electron chi connectivity index (χ3n) is 5.28. The summed E-state index contributed by atoms with van der Waals surface area (Å²) in [6, 6.07) is 23.9. The lowest BCUT2D eigenvalue weighted by atomic mass is 10.1. The topological polar surface area (TPSA) is 49.4 Å². The summed E-state index contributed by atoms with van der Waals surface area (Å²) in [6.07, 6.45) is 0.947. The molecule has 1 atom stereocenters. The number of halogens is 2. The fraction of sp³-hybridized carbons (Fsp3) is 0.231. The van der Waals surface area contributed by atoms with Gasteiger partial charge in [0, 0.05) is 29.6 Å². The minimum Gasteiger partial charge on any atom is -0.350 e. The molecule has 0 bridgehead atoms. The Labute approximate surface area is 199 Å². The number of carbonyl (C=O) groups is 2. The molecule has 0 aliphatic carbocycles. The number of aryl methyl sites for hydroxylation is 1. The molecule has 32 heavy (non-hydrogen) atoms. The van der Waals surface area contributed by atoms with Crippen LogP contribution in [0.15, 0.2) is 78.9 Å². The molecule has 0 aromatic heterocycles. The SMILES string of the molecule is CC(C(=O)NCc1ccc(Cl)cc1)N(Cc1ccc(Cl)cc1)C(=O)CCc1ccccc1. The van der Waals surface area contributed by atoms with Crippen LogP contribution >= 0.6 is 23.2 Å². The zero-order chi connectivity index (χ0) is 22.9. The molecule has 0 aliphatic heterocycles. The van der Waals surface area contributed by atoms with Crippen LogP contribution in [0.5, 0.6) is 0 Å². The number of hydrogen-bond donors (Lipinski definition) is 1. The van der Waals surface area contributed by atoms with Crippen LogP contribution in [0.1, 0.15) is 30.0 Å². The number of nitrogens with zero attached hydrogens (tertiary/aromatic N) is 1. The number of hydrogen-bond acceptors (Lipinski definition) is 2. The highest BCUT2D eigenvalue weighted by Gasteiger charge is 2.25. The van der Waals surface area contributed by atoms with E-state index in [4.69, 9.17) is 23.2 Å². The second kappa shape index (κ2) is 11.7. The largest absolute Gasteiger partial charge is 0.350 e. The summed E-state index contributed by atoms with van der Waals surface area (Å²) >= 11 is 11.9. The van der Waals surface area contributed by atoms with Crippen LogP contribution in [0, 0.1) is 0 Å². The summed E-state index contributed by atoms with van der Waals surface area (Å²) < 4.78 is 0. The van der Waals surface area contributed by atoms with Gasteiger partial charge in [-0.25, -0.2) is 0 Å². The molecular weight excluding hydrogens is 443 g/mol. The summed E-state index contributed by atoms with van der Waals surface area (Å²) in [5.41, 5.74) is 2.95. The maximum Gasteiger partial charge on any atom is 0.242 e. The summed E-state index contributed by atoms with van der Waals surface area (Å²) in [4.78, 5) is 27.7. The molecule has 1 N–H and O–H groups in total. The predicted molar refractivity (Wildman–Crippen MR) is 130 cm³/mol. The van der Waals surface area contributed by atoms with Crippen LogP contribution in [-0.2, 0) is 29.1 Å². The van der Waals surface area contributed by atoms with E-state index in [1.54, 1.807) is 36.1 Å². The van der Waals surface area contributed by atoms with Crippen LogP contribution < -0.4 is 5.32 Å². The molecule has 3 aromatic carbocycles. The third-order valence-corrected chi connectivity index (χ3v) is 5.79. The number of amides is 2. The molecule has 2 amide bonds. The van der Waals surface area contributed by atoms with Crippen molar-refractivity contribution in [1.82, 2.24) is 10.2 Å². The minimum absolute atomic E-state index is 0.0713. The van der Waals surface area contributed by atoms with E-state index in [0.717, 1.165) is 16.7 Å². The van der Waals surface area contributed by atoms with E-state index >= 15 is 0 Å². The maximum absolute atomic E-state index is 13.2. The van der Waals surface area contributed by atoms with Crippen molar-refractivity contribution in [3.05, 3.63) is 106 Å². The van der Waals surface area contributed by atoms with Crippen molar-refractivity contribution in [2.75, 3.05) is 0 Å². The monoisotopic (exact) mass is 468 g/mol. The predicted octanol–water partition coefficient (Wildman–Crippen LogP) is 5.66. The lowest BCUT2D eigenvalue weighted by molar-refractivity contribution is -0.140. The summed E-state index contributed by atoms with van der Waals surface area (Å²) in [5, 5.41) is 4.20. The molecule has 0 saturated carbocycles. The summed E-state index contributed by atoms with van der Waals surface area (Å²) in [5.74, 6) is -0.278. The standard InChI is InChI=1S/C26H26Cl2N2O2/c1-19(26(32)29-17-21-7-12-23(27)13-8-21)30(18-22-9-14-24(28)15-10-22)25(31)16-11-20-5-3-2-4-6-20/h2-10,12-15,19H,11,16-18H2,1H3,(H,29,32). The molecule has 0 saturated heterocycles. The normalized spacial score (nSPS) is 11.6. The van der Waals surface area contributed by atoms with Crippen LogP contribution in [0.25, 0.3) is 0 Å². The van der Waals surface area contributed by atoms with Gasteiger partial charge in [-0.2, -0.15) is 0 Å². The number of rotatable bonds is 9. The highest BCUT2D eigenvalue weighted by Crippen LogP contribution is 2.16. The van der Waals surface area contributed by atoms with Gasteiger partial charge in [0.2, 0.25) is 11.8 Å². The van der Waals surface area contributed by atoms with Gasteiger partial charge < -0.3 is 10.2 Å². The Hall–Kier alpha value is -2.82. The molecule has 0 spiro atoms. The smallest absolute Gasteiger partial charge is 0.242 e.